The Balaban J connectivity index is 2.35. The van der Waals surface area contributed by atoms with Gasteiger partial charge in [0.1, 0.15) is 5.69 Å². The van der Waals surface area contributed by atoms with Gasteiger partial charge in [0.15, 0.2) is 0 Å². The first-order chi connectivity index (χ1) is 9.15. The lowest BCUT2D eigenvalue weighted by molar-refractivity contribution is 0.0512. The van der Waals surface area contributed by atoms with E-state index >= 15 is 0 Å². The molecule has 0 amide bonds. The van der Waals surface area contributed by atoms with E-state index in [1.165, 1.54) is 6.20 Å². The molecule has 1 aromatic carbocycles. The number of carbonyl (C=O) groups excluding carboxylic acids is 1. The first kappa shape index (κ1) is 13.1. The third-order valence-electron chi connectivity index (χ3n) is 3.01. The van der Waals surface area contributed by atoms with Crippen LogP contribution < -0.4 is 5.73 Å². The molecule has 2 rings (SSSR count). The Morgan fingerprint density at radius 3 is 2.89 bits per heavy atom. The van der Waals surface area contributed by atoms with E-state index in [1.54, 1.807) is 17.8 Å². The van der Waals surface area contributed by atoms with E-state index in [0.29, 0.717) is 18.0 Å². The van der Waals surface area contributed by atoms with Crippen LogP contribution in [0.4, 0.5) is 5.69 Å². The Labute approximate surface area is 112 Å². The maximum absolute atomic E-state index is 11.8. The zero-order valence-electron chi connectivity index (χ0n) is 11.0. The Bertz CT molecular complexity index is 578. The van der Waals surface area contributed by atoms with Gasteiger partial charge in [0, 0.05) is 5.69 Å². The fraction of sp³-hybridized carbons (Fsp3) is 0.286. The number of benzene rings is 1. The molecule has 0 aliphatic heterocycles. The van der Waals surface area contributed by atoms with Gasteiger partial charge in [-0.2, -0.15) is 0 Å². The van der Waals surface area contributed by atoms with Crippen LogP contribution >= 0.6 is 0 Å². The van der Waals surface area contributed by atoms with Crippen LogP contribution in [0, 0.1) is 0 Å². The summed E-state index contributed by atoms with van der Waals surface area (Å²) in [4.78, 5) is 15.9. The number of para-hydroxylation sites is 1. The number of hydrogen-bond acceptors (Lipinski definition) is 4. The number of nitrogen functional groups attached to an aromatic ring is 1. The molecule has 1 atom stereocenters. The molecule has 0 bridgehead atoms. The van der Waals surface area contributed by atoms with Crippen molar-refractivity contribution in [2.24, 2.45) is 0 Å². The minimum absolute atomic E-state index is 0.0805. The quantitative estimate of drug-likeness (QED) is 0.675. The molecule has 0 aliphatic rings. The maximum atomic E-state index is 11.8. The molecule has 2 N–H and O–H groups in total. The van der Waals surface area contributed by atoms with Crippen molar-refractivity contribution in [3.05, 3.63) is 48.0 Å². The number of nitrogens with zero attached hydrogens (tertiary/aromatic N) is 2. The lowest BCUT2D eigenvalue weighted by atomic mass is 10.1. The van der Waals surface area contributed by atoms with Crippen molar-refractivity contribution >= 4 is 11.7 Å². The highest BCUT2D eigenvalue weighted by molar-refractivity contribution is 5.87. The average Bonchev–Trinajstić information content (AvgIpc) is 2.88. The van der Waals surface area contributed by atoms with Crippen LogP contribution in [0.2, 0.25) is 0 Å². The summed E-state index contributed by atoms with van der Waals surface area (Å²) in [7, 11) is 0. The number of nitrogens with two attached hydrogens (primary N) is 1. The van der Waals surface area contributed by atoms with Gasteiger partial charge in [-0.1, -0.05) is 18.2 Å². The first-order valence-electron chi connectivity index (χ1n) is 6.18. The van der Waals surface area contributed by atoms with Gasteiger partial charge in [-0.3, -0.25) is 0 Å². The molecule has 1 aromatic heterocycles. The predicted molar refractivity (Wildman–Crippen MR) is 72.9 cm³/mol. The van der Waals surface area contributed by atoms with Crippen LogP contribution in [0.5, 0.6) is 0 Å². The second-order valence-electron chi connectivity index (χ2n) is 4.21. The molecule has 5 heteroatoms. The second-order valence-corrected chi connectivity index (χ2v) is 4.21. The van der Waals surface area contributed by atoms with Crippen LogP contribution in [-0.2, 0) is 4.74 Å². The van der Waals surface area contributed by atoms with E-state index in [-0.39, 0.29) is 12.0 Å². The molecule has 0 fully saturated rings. The van der Waals surface area contributed by atoms with Gasteiger partial charge in [0.05, 0.1) is 25.2 Å². The lowest BCUT2D eigenvalue weighted by Gasteiger charge is -2.18. The van der Waals surface area contributed by atoms with Crippen molar-refractivity contribution < 1.29 is 9.53 Å². The largest absolute Gasteiger partial charge is 0.461 e. The molecule has 0 unspecified atom stereocenters. The van der Waals surface area contributed by atoms with Crippen LogP contribution in [0.25, 0.3) is 0 Å². The van der Waals surface area contributed by atoms with Crippen molar-refractivity contribution in [3.63, 3.8) is 0 Å². The standard InChI is InChI=1S/C14H17N3O2/c1-3-19-14(18)13-8-16-9-17(13)10(2)11-6-4-5-7-12(11)15/h4-10H,3,15H2,1-2H3/t10-/m1/s1. The number of hydrogen-bond donors (Lipinski definition) is 1. The van der Waals surface area contributed by atoms with Crippen LogP contribution in [0.1, 0.15) is 35.9 Å². The molecule has 1 heterocycles. The van der Waals surface area contributed by atoms with Crippen molar-refractivity contribution in [2.75, 3.05) is 12.3 Å². The Kier molecular flexibility index (Phi) is 3.85. The second kappa shape index (κ2) is 5.56. The molecule has 0 aliphatic carbocycles. The van der Waals surface area contributed by atoms with Gasteiger partial charge < -0.3 is 15.0 Å². The predicted octanol–water partition coefficient (Wildman–Crippen LogP) is 2.25. The van der Waals surface area contributed by atoms with Gasteiger partial charge in [-0.25, -0.2) is 9.78 Å². The molecular weight excluding hydrogens is 242 g/mol. The summed E-state index contributed by atoms with van der Waals surface area (Å²) in [5.74, 6) is -0.374. The summed E-state index contributed by atoms with van der Waals surface area (Å²) in [5, 5.41) is 0. The number of imidazole rings is 1. The molecular formula is C14H17N3O2. The zero-order chi connectivity index (χ0) is 13.8. The van der Waals surface area contributed by atoms with Gasteiger partial charge in [0.2, 0.25) is 0 Å². The Hall–Kier alpha value is -2.30. The minimum atomic E-state index is -0.374. The van der Waals surface area contributed by atoms with Crippen molar-refractivity contribution in [2.45, 2.75) is 19.9 Å². The highest BCUT2D eigenvalue weighted by atomic mass is 16.5. The zero-order valence-corrected chi connectivity index (χ0v) is 11.0. The van der Waals surface area contributed by atoms with E-state index in [4.69, 9.17) is 10.5 Å². The number of carbonyl (C=O) groups is 1. The van der Waals surface area contributed by atoms with E-state index in [1.807, 2.05) is 31.2 Å². The highest BCUT2D eigenvalue weighted by Gasteiger charge is 2.18. The summed E-state index contributed by atoms with van der Waals surface area (Å²) in [6, 6.07) is 7.50. The maximum Gasteiger partial charge on any atom is 0.356 e. The van der Waals surface area contributed by atoms with Crippen molar-refractivity contribution in [1.29, 1.82) is 0 Å². The lowest BCUT2D eigenvalue weighted by Crippen LogP contribution is -2.16. The number of ether oxygens (including phenoxy) is 1. The monoisotopic (exact) mass is 259 g/mol. The fourth-order valence-electron chi connectivity index (χ4n) is 2.02. The third kappa shape index (κ3) is 2.59. The number of esters is 1. The summed E-state index contributed by atoms with van der Waals surface area (Å²) in [6.45, 7) is 4.08. The van der Waals surface area contributed by atoms with Gasteiger partial charge in [0.25, 0.3) is 0 Å². The molecule has 0 saturated carbocycles. The number of anilines is 1. The molecule has 100 valence electrons. The van der Waals surface area contributed by atoms with Crippen molar-refractivity contribution in [3.8, 4) is 0 Å². The molecule has 0 saturated heterocycles. The number of rotatable bonds is 4. The highest BCUT2D eigenvalue weighted by Crippen LogP contribution is 2.24. The molecule has 0 radical (unpaired) electrons. The van der Waals surface area contributed by atoms with E-state index in [2.05, 4.69) is 4.98 Å². The summed E-state index contributed by atoms with van der Waals surface area (Å²) in [6.07, 6.45) is 3.12. The van der Waals surface area contributed by atoms with Gasteiger partial charge in [-0.05, 0) is 25.5 Å². The molecule has 0 spiro atoms. The topological polar surface area (TPSA) is 70.1 Å². The Morgan fingerprint density at radius 2 is 2.21 bits per heavy atom. The summed E-state index contributed by atoms with van der Waals surface area (Å²) in [5.41, 5.74) is 8.03. The smallest absolute Gasteiger partial charge is 0.356 e. The Morgan fingerprint density at radius 1 is 1.47 bits per heavy atom. The van der Waals surface area contributed by atoms with Gasteiger partial charge >= 0.3 is 5.97 Å². The molecule has 2 aromatic rings. The average molecular weight is 259 g/mol. The molecule has 19 heavy (non-hydrogen) atoms. The van der Waals surface area contributed by atoms with E-state index < -0.39 is 0 Å². The van der Waals surface area contributed by atoms with Crippen LogP contribution in [0.3, 0.4) is 0 Å². The first-order valence-corrected chi connectivity index (χ1v) is 6.18. The van der Waals surface area contributed by atoms with E-state index in [9.17, 15) is 4.79 Å². The van der Waals surface area contributed by atoms with Crippen LogP contribution in [0.15, 0.2) is 36.8 Å². The van der Waals surface area contributed by atoms with Crippen molar-refractivity contribution in [1.82, 2.24) is 9.55 Å². The third-order valence-corrected chi connectivity index (χ3v) is 3.01. The van der Waals surface area contributed by atoms with Crippen LogP contribution in [-0.4, -0.2) is 22.1 Å². The summed E-state index contributed by atoms with van der Waals surface area (Å²) >= 11 is 0. The number of aromatic nitrogens is 2. The summed E-state index contributed by atoms with van der Waals surface area (Å²) < 4.78 is 6.78. The SMILES string of the molecule is CCOC(=O)c1cncn1[C@H](C)c1ccccc1N. The van der Waals surface area contributed by atoms with E-state index in [0.717, 1.165) is 5.56 Å². The minimum Gasteiger partial charge on any atom is -0.461 e. The normalized spacial score (nSPS) is 12.1. The fourth-order valence-corrected chi connectivity index (χ4v) is 2.02. The molecule has 5 nitrogen and oxygen atoms in total. The van der Waals surface area contributed by atoms with Gasteiger partial charge in [-0.15, -0.1) is 0 Å².